The van der Waals surface area contributed by atoms with Crippen molar-refractivity contribution in [2.24, 2.45) is 11.5 Å². The zero-order valence-electron chi connectivity index (χ0n) is 17.6. The molecule has 0 amide bonds. The summed E-state index contributed by atoms with van der Waals surface area (Å²) >= 11 is 3.44. The Morgan fingerprint density at radius 1 is 0.742 bits per heavy atom. The molecule has 0 unspecified atom stereocenters. The molecule has 0 heterocycles. The quantitative estimate of drug-likeness (QED) is 0.233. The molecule has 31 heavy (non-hydrogen) atoms. The Balaban J connectivity index is 0.000000189. The van der Waals surface area contributed by atoms with E-state index in [1.807, 2.05) is 97.1 Å². The van der Waals surface area contributed by atoms with Crippen LogP contribution in [0.3, 0.4) is 0 Å². The van der Waals surface area contributed by atoms with E-state index in [0.29, 0.717) is 6.54 Å². The first-order valence-corrected chi connectivity index (χ1v) is 10.7. The van der Waals surface area contributed by atoms with Crippen LogP contribution in [0.4, 0.5) is 0 Å². The molecule has 4 rings (SSSR count). The number of nitrogens with one attached hydrogen (secondary N) is 1. The number of amidine groups is 1. The highest BCUT2D eigenvalue weighted by Gasteiger charge is 2.01. The fourth-order valence-corrected chi connectivity index (χ4v) is 3.08. The molecule has 0 radical (unpaired) electrons. The second-order valence-corrected chi connectivity index (χ2v) is 7.76. The number of aryl methyl sites for hydroxylation is 1. The maximum atomic E-state index is 7.41. The smallest absolute Gasteiger partial charge is 0.122 e. The lowest BCUT2D eigenvalue weighted by Crippen LogP contribution is -2.10. The van der Waals surface area contributed by atoms with Crippen molar-refractivity contribution in [3.63, 3.8) is 0 Å². The van der Waals surface area contributed by atoms with Crippen LogP contribution >= 0.6 is 15.9 Å². The molecule has 4 aromatic rings. The number of nitrogens with two attached hydrogens (primary N) is 2. The van der Waals surface area contributed by atoms with Crippen molar-refractivity contribution < 1.29 is 0 Å². The first-order chi connectivity index (χ1) is 15.0. The van der Waals surface area contributed by atoms with Gasteiger partial charge in [-0.15, -0.1) is 0 Å². The summed E-state index contributed by atoms with van der Waals surface area (Å²) in [4.78, 5) is 0. The minimum atomic E-state index is 0.0943. The number of rotatable bonds is 3. The second-order valence-electron chi connectivity index (χ2n) is 6.85. The van der Waals surface area contributed by atoms with E-state index in [0.717, 1.165) is 21.2 Å². The predicted octanol–water partition coefficient (Wildman–Crippen LogP) is 6.54. The highest BCUT2D eigenvalue weighted by atomic mass is 79.9. The van der Waals surface area contributed by atoms with Crippen LogP contribution in [-0.2, 0) is 6.54 Å². The number of hydrogen-bond donors (Lipinski definition) is 3. The van der Waals surface area contributed by atoms with Gasteiger partial charge in [-0.3, -0.25) is 5.41 Å². The molecule has 0 aromatic heterocycles. The van der Waals surface area contributed by atoms with Gasteiger partial charge >= 0.3 is 0 Å². The maximum Gasteiger partial charge on any atom is 0.122 e. The zero-order valence-corrected chi connectivity index (χ0v) is 19.2. The third-order valence-corrected chi connectivity index (χ3v) is 4.84. The fourth-order valence-electron chi connectivity index (χ4n) is 2.68. The van der Waals surface area contributed by atoms with Gasteiger partial charge in [-0.25, -0.2) is 0 Å². The van der Waals surface area contributed by atoms with Crippen LogP contribution in [0.1, 0.15) is 16.7 Å². The highest BCUT2D eigenvalue weighted by molar-refractivity contribution is 9.10. The molecule has 0 aliphatic rings. The van der Waals surface area contributed by atoms with Crippen LogP contribution in [0.25, 0.3) is 11.1 Å². The van der Waals surface area contributed by atoms with Gasteiger partial charge in [0.15, 0.2) is 0 Å². The van der Waals surface area contributed by atoms with Gasteiger partial charge < -0.3 is 11.5 Å². The van der Waals surface area contributed by atoms with E-state index < -0.39 is 0 Å². The number of nitrogen functional groups attached to an aromatic ring is 1. The molecular formula is C27H28BrN3. The monoisotopic (exact) mass is 473 g/mol. The molecule has 0 aliphatic heterocycles. The standard InChI is InChI=1S/C13H11BrN2.C7H9N.C7H8/c14-12-6-2-4-10(8-12)9-3-1-5-11(7-9)13(15)16;8-6-7-4-2-1-3-5-7;1-7-5-3-2-4-6-7/h1-8H,(H3,15,16);1-5H,6,8H2;2-6H,1H3. The van der Waals surface area contributed by atoms with Crippen LogP contribution in [0.2, 0.25) is 0 Å². The van der Waals surface area contributed by atoms with Crippen molar-refractivity contribution in [3.8, 4) is 11.1 Å². The largest absolute Gasteiger partial charge is 0.384 e. The number of benzene rings is 4. The van der Waals surface area contributed by atoms with Gasteiger partial charge in [0.25, 0.3) is 0 Å². The predicted molar refractivity (Wildman–Crippen MR) is 136 cm³/mol. The summed E-state index contributed by atoms with van der Waals surface area (Å²) in [5.41, 5.74) is 16.2. The third-order valence-electron chi connectivity index (χ3n) is 4.35. The molecule has 0 fully saturated rings. The zero-order chi connectivity index (χ0) is 22.5. The van der Waals surface area contributed by atoms with E-state index in [1.54, 1.807) is 0 Å². The van der Waals surface area contributed by atoms with Crippen LogP contribution < -0.4 is 11.5 Å². The minimum Gasteiger partial charge on any atom is -0.384 e. The lowest BCUT2D eigenvalue weighted by atomic mass is 10.0. The molecule has 3 nitrogen and oxygen atoms in total. The summed E-state index contributed by atoms with van der Waals surface area (Å²) in [6, 6.07) is 36.0. The summed E-state index contributed by atoms with van der Waals surface area (Å²) in [6.45, 7) is 2.72. The SMILES string of the molecule is Cc1ccccc1.N=C(N)c1cccc(-c2cccc(Br)c2)c1.NCc1ccccc1. The summed E-state index contributed by atoms with van der Waals surface area (Å²) in [7, 11) is 0. The highest BCUT2D eigenvalue weighted by Crippen LogP contribution is 2.23. The van der Waals surface area contributed by atoms with E-state index >= 15 is 0 Å². The summed E-state index contributed by atoms with van der Waals surface area (Å²) in [6.07, 6.45) is 0. The van der Waals surface area contributed by atoms with Crippen molar-refractivity contribution in [1.29, 1.82) is 5.41 Å². The van der Waals surface area contributed by atoms with E-state index in [9.17, 15) is 0 Å². The van der Waals surface area contributed by atoms with E-state index in [2.05, 4.69) is 35.0 Å². The molecular weight excluding hydrogens is 446 g/mol. The van der Waals surface area contributed by atoms with Crippen LogP contribution in [0, 0.1) is 12.3 Å². The average molecular weight is 474 g/mol. The Bertz CT molecular complexity index is 1060. The van der Waals surface area contributed by atoms with Crippen molar-refractivity contribution in [3.05, 3.63) is 130 Å². The first kappa shape index (κ1) is 24.1. The minimum absolute atomic E-state index is 0.0943. The number of hydrogen-bond acceptors (Lipinski definition) is 2. The molecule has 0 saturated carbocycles. The van der Waals surface area contributed by atoms with Crippen molar-refractivity contribution in [1.82, 2.24) is 0 Å². The lowest BCUT2D eigenvalue weighted by molar-refractivity contribution is 1.07. The Morgan fingerprint density at radius 3 is 1.74 bits per heavy atom. The lowest BCUT2D eigenvalue weighted by Gasteiger charge is -2.04. The maximum absolute atomic E-state index is 7.41. The normalized spacial score (nSPS) is 9.52. The molecule has 5 N–H and O–H groups in total. The van der Waals surface area contributed by atoms with Gasteiger partial charge in [-0.1, -0.05) is 112 Å². The average Bonchev–Trinajstić information content (AvgIpc) is 2.81. The Labute approximate surface area is 193 Å². The molecule has 4 aromatic carbocycles. The van der Waals surface area contributed by atoms with E-state index in [4.69, 9.17) is 16.9 Å². The summed E-state index contributed by atoms with van der Waals surface area (Å²) in [5.74, 6) is 0.0943. The summed E-state index contributed by atoms with van der Waals surface area (Å²) < 4.78 is 1.04. The van der Waals surface area contributed by atoms with Gasteiger partial charge in [0.1, 0.15) is 5.84 Å². The van der Waals surface area contributed by atoms with E-state index in [1.165, 1.54) is 11.1 Å². The molecule has 158 valence electrons. The molecule has 4 heteroatoms. The van der Waals surface area contributed by atoms with Gasteiger partial charge in [0, 0.05) is 16.6 Å². The fraction of sp³-hybridized carbons (Fsp3) is 0.0741. The Hall–Kier alpha value is -3.21. The van der Waals surface area contributed by atoms with Gasteiger partial charge in [0.05, 0.1) is 0 Å². The van der Waals surface area contributed by atoms with Gasteiger partial charge in [0.2, 0.25) is 0 Å². The van der Waals surface area contributed by atoms with E-state index in [-0.39, 0.29) is 5.84 Å². The van der Waals surface area contributed by atoms with Crippen molar-refractivity contribution in [2.75, 3.05) is 0 Å². The Morgan fingerprint density at radius 2 is 1.29 bits per heavy atom. The molecule has 0 aliphatic carbocycles. The molecule has 0 spiro atoms. The molecule has 0 bridgehead atoms. The number of halogens is 1. The van der Waals surface area contributed by atoms with Crippen molar-refractivity contribution >= 4 is 21.8 Å². The van der Waals surface area contributed by atoms with Gasteiger partial charge in [-0.05, 0) is 41.8 Å². The van der Waals surface area contributed by atoms with Crippen molar-refractivity contribution in [2.45, 2.75) is 13.5 Å². The third kappa shape index (κ3) is 8.99. The first-order valence-electron chi connectivity index (χ1n) is 9.95. The molecule has 0 saturated heterocycles. The summed E-state index contributed by atoms with van der Waals surface area (Å²) in [5, 5.41) is 7.41. The topological polar surface area (TPSA) is 75.9 Å². The van der Waals surface area contributed by atoms with Crippen LogP contribution in [-0.4, -0.2) is 5.84 Å². The van der Waals surface area contributed by atoms with Crippen LogP contribution in [0.15, 0.2) is 114 Å². The second kappa shape index (κ2) is 13.2. The Kier molecular flexibility index (Phi) is 10.2. The van der Waals surface area contributed by atoms with Crippen LogP contribution in [0.5, 0.6) is 0 Å². The molecule has 0 atom stereocenters. The van der Waals surface area contributed by atoms with Gasteiger partial charge in [-0.2, -0.15) is 0 Å².